The minimum absolute atomic E-state index is 0.0102. The first kappa shape index (κ1) is 16.2. The van der Waals surface area contributed by atoms with E-state index >= 15 is 0 Å². The van der Waals surface area contributed by atoms with Gasteiger partial charge in [0.15, 0.2) is 11.5 Å². The van der Waals surface area contributed by atoms with Gasteiger partial charge in [-0.05, 0) is 30.4 Å². The second-order valence-electron chi connectivity index (χ2n) is 4.32. The lowest BCUT2D eigenvalue weighted by Gasteiger charge is -2.06. The van der Waals surface area contributed by atoms with Gasteiger partial charge in [0.05, 0.1) is 0 Å². The van der Waals surface area contributed by atoms with Crippen LogP contribution in [0.4, 0.5) is 0 Å². The molecule has 0 aliphatic carbocycles. The highest BCUT2D eigenvalue weighted by Crippen LogP contribution is 2.25. The number of hydrogen-bond acceptors (Lipinski definition) is 4. The molecule has 0 radical (unpaired) electrons. The standard InChI is InChI=1S/C15H12ClNO4S/c16-13-7-9-15(21-22(17,19)20)12(10-13)6-8-14(18)11-4-2-1-3-5-11/h1-10H,(H2,17,19,20)/b8-6+. The number of carbonyl (C=O) groups excluding carboxylic acids is 1. The smallest absolute Gasteiger partial charge is 0.370 e. The Kier molecular flexibility index (Phi) is 4.97. The van der Waals surface area contributed by atoms with Gasteiger partial charge in [-0.1, -0.05) is 41.9 Å². The Hall–Kier alpha value is -2.15. The third-order valence-electron chi connectivity index (χ3n) is 2.65. The minimum Gasteiger partial charge on any atom is -0.370 e. The van der Waals surface area contributed by atoms with Crippen LogP contribution in [0.2, 0.25) is 5.02 Å². The lowest BCUT2D eigenvalue weighted by molar-refractivity contribution is 0.104. The molecule has 0 aliphatic rings. The van der Waals surface area contributed by atoms with Crippen molar-refractivity contribution >= 4 is 33.8 Å². The largest absolute Gasteiger partial charge is 0.380 e. The molecule has 114 valence electrons. The second kappa shape index (κ2) is 6.74. The van der Waals surface area contributed by atoms with Crippen LogP contribution in [0.25, 0.3) is 6.08 Å². The summed E-state index contributed by atoms with van der Waals surface area (Å²) in [5.74, 6) is -0.244. The Balaban J connectivity index is 2.30. The van der Waals surface area contributed by atoms with E-state index in [4.69, 9.17) is 16.7 Å². The average molecular weight is 338 g/mol. The van der Waals surface area contributed by atoms with Crippen LogP contribution in [0.3, 0.4) is 0 Å². The van der Waals surface area contributed by atoms with E-state index in [1.165, 1.54) is 30.4 Å². The Bertz CT molecular complexity index is 817. The van der Waals surface area contributed by atoms with Crippen molar-refractivity contribution in [3.8, 4) is 5.75 Å². The number of allylic oxidation sites excluding steroid dienone is 1. The summed E-state index contributed by atoms with van der Waals surface area (Å²) in [6, 6.07) is 12.9. The molecule has 0 spiro atoms. The van der Waals surface area contributed by atoms with Gasteiger partial charge in [0, 0.05) is 16.1 Å². The molecular weight excluding hydrogens is 326 g/mol. The van der Waals surface area contributed by atoms with Crippen molar-refractivity contribution in [1.82, 2.24) is 0 Å². The van der Waals surface area contributed by atoms with E-state index in [0.29, 0.717) is 16.1 Å². The molecule has 0 bridgehead atoms. The number of carbonyl (C=O) groups is 1. The maximum atomic E-state index is 12.0. The predicted octanol–water partition coefficient (Wildman–Crippen LogP) is 2.82. The predicted molar refractivity (Wildman–Crippen MR) is 85.0 cm³/mol. The molecule has 2 rings (SSSR count). The van der Waals surface area contributed by atoms with Crippen LogP contribution in [0, 0.1) is 0 Å². The van der Waals surface area contributed by atoms with Gasteiger partial charge in [0.2, 0.25) is 0 Å². The van der Waals surface area contributed by atoms with Crippen molar-refractivity contribution in [3.05, 3.63) is 70.8 Å². The highest BCUT2D eigenvalue weighted by Gasteiger charge is 2.10. The van der Waals surface area contributed by atoms with Crippen molar-refractivity contribution in [3.63, 3.8) is 0 Å². The SMILES string of the molecule is NS(=O)(=O)Oc1ccc(Cl)cc1/C=C/C(=O)c1ccccc1. The summed E-state index contributed by atoms with van der Waals surface area (Å²) in [5.41, 5.74) is 0.834. The van der Waals surface area contributed by atoms with Crippen LogP contribution < -0.4 is 9.32 Å². The zero-order chi connectivity index (χ0) is 16.2. The van der Waals surface area contributed by atoms with Crippen molar-refractivity contribution in [2.75, 3.05) is 0 Å². The van der Waals surface area contributed by atoms with Crippen LogP contribution >= 0.6 is 11.6 Å². The number of rotatable bonds is 5. The molecule has 7 heteroatoms. The fourth-order valence-corrected chi connectivity index (χ4v) is 2.30. The van der Waals surface area contributed by atoms with Crippen molar-refractivity contribution < 1.29 is 17.4 Å². The van der Waals surface area contributed by atoms with E-state index in [2.05, 4.69) is 4.18 Å². The van der Waals surface area contributed by atoms with Crippen LogP contribution in [0.15, 0.2) is 54.6 Å². The maximum Gasteiger partial charge on any atom is 0.380 e. The van der Waals surface area contributed by atoms with Crippen LogP contribution in [-0.2, 0) is 10.3 Å². The monoisotopic (exact) mass is 337 g/mol. The number of hydrogen-bond donors (Lipinski definition) is 1. The summed E-state index contributed by atoms with van der Waals surface area (Å²) in [4.78, 5) is 12.0. The second-order valence-corrected chi connectivity index (χ2v) is 5.91. The zero-order valence-electron chi connectivity index (χ0n) is 11.3. The Labute approximate surface area is 133 Å². The van der Waals surface area contributed by atoms with Crippen molar-refractivity contribution in [2.24, 2.45) is 5.14 Å². The highest BCUT2D eigenvalue weighted by atomic mass is 35.5. The van der Waals surface area contributed by atoms with Crippen LogP contribution in [0.1, 0.15) is 15.9 Å². The summed E-state index contributed by atoms with van der Waals surface area (Å²) in [6.45, 7) is 0. The van der Waals surface area contributed by atoms with Crippen molar-refractivity contribution in [2.45, 2.75) is 0 Å². The molecular formula is C15H12ClNO4S. The summed E-state index contributed by atoms with van der Waals surface area (Å²) < 4.78 is 26.7. The molecule has 0 amide bonds. The van der Waals surface area contributed by atoms with E-state index in [9.17, 15) is 13.2 Å². The molecule has 5 nitrogen and oxygen atoms in total. The van der Waals surface area contributed by atoms with Gasteiger partial charge in [0.25, 0.3) is 0 Å². The molecule has 0 fully saturated rings. The highest BCUT2D eigenvalue weighted by molar-refractivity contribution is 7.84. The molecule has 22 heavy (non-hydrogen) atoms. The van der Waals surface area contributed by atoms with E-state index in [0.717, 1.165) is 0 Å². The summed E-state index contributed by atoms with van der Waals surface area (Å²) in [6.07, 6.45) is 2.72. The number of nitrogens with two attached hydrogens (primary N) is 1. The van der Waals surface area contributed by atoms with Gasteiger partial charge < -0.3 is 4.18 Å². The normalized spacial score (nSPS) is 11.5. The van der Waals surface area contributed by atoms with E-state index in [-0.39, 0.29) is 11.5 Å². The number of ketones is 1. The molecule has 2 aromatic rings. The number of benzene rings is 2. The van der Waals surface area contributed by atoms with E-state index in [1.807, 2.05) is 0 Å². The average Bonchev–Trinajstić information content (AvgIpc) is 2.47. The molecule has 0 saturated carbocycles. The Morgan fingerprint density at radius 3 is 2.45 bits per heavy atom. The van der Waals surface area contributed by atoms with Gasteiger partial charge in [-0.15, -0.1) is 0 Å². The molecule has 0 heterocycles. The fraction of sp³-hybridized carbons (Fsp3) is 0. The summed E-state index contributed by atoms with van der Waals surface area (Å²) in [7, 11) is -4.17. The summed E-state index contributed by atoms with van der Waals surface area (Å²) >= 11 is 5.87. The van der Waals surface area contributed by atoms with E-state index < -0.39 is 10.3 Å². The van der Waals surface area contributed by atoms with Gasteiger partial charge >= 0.3 is 10.3 Å². The van der Waals surface area contributed by atoms with Gasteiger partial charge in [-0.25, -0.2) is 0 Å². The molecule has 2 N–H and O–H groups in total. The third kappa shape index (κ3) is 4.70. The topological polar surface area (TPSA) is 86.5 Å². The summed E-state index contributed by atoms with van der Waals surface area (Å²) in [5, 5.41) is 5.22. The maximum absolute atomic E-state index is 12.0. The van der Waals surface area contributed by atoms with Gasteiger partial charge in [0.1, 0.15) is 0 Å². The van der Waals surface area contributed by atoms with Crippen LogP contribution in [0.5, 0.6) is 5.75 Å². The van der Waals surface area contributed by atoms with E-state index in [1.54, 1.807) is 30.3 Å². The fourth-order valence-electron chi connectivity index (χ4n) is 1.71. The lowest BCUT2D eigenvalue weighted by atomic mass is 10.1. The van der Waals surface area contributed by atoms with Crippen LogP contribution in [-0.4, -0.2) is 14.2 Å². The van der Waals surface area contributed by atoms with Gasteiger partial charge in [-0.3, -0.25) is 4.79 Å². The molecule has 2 aromatic carbocycles. The Morgan fingerprint density at radius 1 is 1.14 bits per heavy atom. The first-order chi connectivity index (χ1) is 10.3. The lowest BCUT2D eigenvalue weighted by Crippen LogP contribution is -2.19. The Morgan fingerprint density at radius 2 is 1.82 bits per heavy atom. The first-order valence-corrected chi connectivity index (χ1v) is 7.99. The molecule has 0 unspecified atom stereocenters. The first-order valence-electron chi connectivity index (χ1n) is 6.14. The quantitative estimate of drug-likeness (QED) is 0.671. The molecule has 0 atom stereocenters. The van der Waals surface area contributed by atoms with Crippen molar-refractivity contribution in [1.29, 1.82) is 0 Å². The zero-order valence-corrected chi connectivity index (χ0v) is 12.8. The minimum atomic E-state index is -4.17. The molecule has 0 aliphatic heterocycles. The number of halogens is 1. The van der Waals surface area contributed by atoms with Gasteiger partial charge in [-0.2, -0.15) is 13.6 Å². The third-order valence-corrected chi connectivity index (χ3v) is 3.30. The molecule has 0 aromatic heterocycles. The molecule has 0 saturated heterocycles.